The molecule has 0 heterocycles. The van der Waals surface area contributed by atoms with Gasteiger partial charge in [0.2, 0.25) is 11.8 Å². The lowest BCUT2D eigenvalue weighted by Crippen LogP contribution is -2.56. The molecule has 0 aromatic heterocycles. The molecule has 0 aliphatic rings. The minimum absolute atomic E-state index is 0.0597. The lowest BCUT2D eigenvalue weighted by atomic mass is 9.99. The lowest BCUT2D eigenvalue weighted by molar-refractivity contribution is -0.145. The van der Waals surface area contributed by atoms with Crippen LogP contribution in [0.2, 0.25) is 0 Å². The molecule has 4 N–H and O–H groups in total. The van der Waals surface area contributed by atoms with Gasteiger partial charge in [-0.1, -0.05) is 49.4 Å². The van der Waals surface area contributed by atoms with Gasteiger partial charge in [-0.15, -0.1) is 0 Å². The lowest BCUT2D eigenvalue weighted by Gasteiger charge is -2.38. The second-order valence-electron chi connectivity index (χ2n) is 9.59. The third-order valence-corrected chi connectivity index (χ3v) is 5.51. The van der Waals surface area contributed by atoms with E-state index >= 15 is 0 Å². The van der Waals surface area contributed by atoms with Crippen molar-refractivity contribution in [2.45, 2.75) is 71.3 Å². The Hall–Kier alpha value is -3.59. The normalized spacial score (nSPS) is 13.7. The van der Waals surface area contributed by atoms with Crippen molar-refractivity contribution in [3.05, 3.63) is 65.7 Å². The number of carbonyl (C=O) groups is 3. The zero-order valence-electron chi connectivity index (χ0n) is 21.5. The molecule has 3 amide bonds. The van der Waals surface area contributed by atoms with Crippen LogP contribution < -0.4 is 10.6 Å². The number of hydrogen-bond donors (Lipinski definition) is 4. The van der Waals surface area contributed by atoms with Crippen molar-refractivity contribution in [2.75, 3.05) is 6.61 Å². The average molecular weight is 500 g/mol. The van der Waals surface area contributed by atoms with Crippen LogP contribution in [-0.4, -0.2) is 57.3 Å². The second kappa shape index (κ2) is 12.9. The van der Waals surface area contributed by atoms with Gasteiger partial charge in [0.05, 0.1) is 6.61 Å². The van der Waals surface area contributed by atoms with Crippen LogP contribution in [0.3, 0.4) is 0 Å². The SMILES string of the molecule is CCC(C)N(C(=O)C(CO)NC(=O)OC(C)(C)C)C(C(=O)NCc1ccccc1)c1cccc(O)c1. The highest BCUT2D eigenvalue weighted by molar-refractivity contribution is 5.92. The predicted octanol–water partition coefficient (Wildman–Crippen LogP) is 3.26. The van der Waals surface area contributed by atoms with Gasteiger partial charge in [-0.3, -0.25) is 9.59 Å². The maximum absolute atomic E-state index is 13.7. The molecule has 2 aromatic carbocycles. The fraction of sp³-hybridized carbons (Fsp3) is 0.444. The predicted molar refractivity (Wildman–Crippen MR) is 136 cm³/mol. The number of ether oxygens (including phenoxy) is 1. The number of nitrogens with one attached hydrogen (secondary N) is 2. The molecule has 36 heavy (non-hydrogen) atoms. The van der Waals surface area contributed by atoms with Crippen LogP contribution in [0.5, 0.6) is 5.75 Å². The second-order valence-corrected chi connectivity index (χ2v) is 9.59. The third kappa shape index (κ3) is 8.27. The number of phenols is 1. The third-order valence-electron chi connectivity index (χ3n) is 5.51. The van der Waals surface area contributed by atoms with Crippen LogP contribution in [0.4, 0.5) is 4.79 Å². The number of aliphatic hydroxyl groups excluding tert-OH is 1. The van der Waals surface area contributed by atoms with E-state index in [9.17, 15) is 24.6 Å². The van der Waals surface area contributed by atoms with E-state index in [1.165, 1.54) is 17.0 Å². The first-order valence-corrected chi connectivity index (χ1v) is 12.0. The maximum Gasteiger partial charge on any atom is 0.408 e. The minimum atomic E-state index is -1.34. The van der Waals surface area contributed by atoms with Crippen molar-refractivity contribution in [2.24, 2.45) is 0 Å². The van der Waals surface area contributed by atoms with Crippen molar-refractivity contribution in [3.63, 3.8) is 0 Å². The van der Waals surface area contributed by atoms with Crippen molar-refractivity contribution in [1.29, 1.82) is 0 Å². The highest BCUT2D eigenvalue weighted by Gasteiger charge is 2.38. The molecule has 0 saturated heterocycles. The number of amides is 3. The van der Waals surface area contributed by atoms with E-state index in [4.69, 9.17) is 4.74 Å². The van der Waals surface area contributed by atoms with Gasteiger partial charge in [0, 0.05) is 12.6 Å². The first kappa shape index (κ1) is 28.6. The number of carbonyl (C=O) groups excluding carboxylic acids is 3. The summed E-state index contributed by atoms with van der Waals surface area (Å²) in [6, 6.07) is 12.5. The molecule has 2 rings (SSSR count). The van der Waals surface area contributed by atoms with Crippen LogP contribution >= 0.6 is 0 Å². The van der Waals surface area contributed by atoms with E-state index in [1.54, 1.807) is 39.8 Å². The van der Waals surface area contributed by atoms with Crippen LogP contribution in [-0.2, 0) is 20.9 Å². The summed E-state index contributed by atoms with van der Waals surface area (Å²) in [6.45, 7) is 8.23. The van der Waals surface area contributed by atoms with Crippen LogP contribution in [0.1, 0.15) is 58.2 Å². The molecule has 0 fully saturated rings. The van der Waals surface area contributed by atoms with Gasteiger partial charge in [-0.25, -0.2) is 4.79 Å². The summed E-state index contributed by atoms with van der Waals surface area (Å²) in [5.41, 5.74) is 0.468. The van der Waals surface area contributed by atoms with Crippen molar-refractivity contribution >= 4 is 17.9 Å². The number of benzene rings is 2. The van der Waals surface area contributed by atoms with E-state index in [-0.39, 0.29) is 12.3 Å². The summed E-state index contributed by atoms with van der Waals surface area (Å²) in [6.07, 6.45) is -0.362. The summed E-state index contributed by atoms with van der Waals surface area (Å²) in [4.78, 5) is 40.9. The molecule has 0 bridgehead atoms. The van der Waals surface area contributed by atoms with Gasteiger partial charge in [0.25, 0.3) is 0 Å². The zero-order chi connectivity index (χ0) is 26.9. The minimum Gasteiger partial charge on any atom is -0.508 e. The highest BCUT2D eigenvalue weighted by Crippen LogP contribution is 2.28. The molecule has 3 atom stereocenters. The Labute approximate surface area is 212 Å². The Balaban J connectivity index is 2.42. The van der Waals surface area contributed by atoms with Gasteiger partial charge < -0.3 is 30.5 Å². The van der Waals surface area contributed by atoms with Crippen molar-refractivity contribution < 1.29 is 29.3 Å². The largest absolute Gasteiger partial charge is 0.508 e. The maximum atomic E-state index is 13.7. The number of nitrogens with zero attached hydrogens (tertiary/aromatic N) is 1. The molecule has 9 heteroatoms. The molecule has 0 radical (unpaired) electrons. The van der Waals surface area contributed by atoms with Crippen LogP contribution in [0.15, 0.2) is 54.6 Å². The molecule has 0 aliphatic carbocycles. The molecule has 0 spiro atoms. The van der Waals surface area contributed by atoms with E-state index < -0.39 is 48.2 Å². The Kier molecular flexibility index (Phi) is 10.3. The smallest absolute Gasteiger partial charge is 0.408 e. The molecule has 0 aliphatic heterocycles. The number of aromatic hydroxyl groups is 1. The number of phenolic OH excluding ortho intramolecular Hbond substituents is 1. The highest BCUT2D eigenvalue weighted by atomic mass is 16.6. The van der Waals surface area contributed by atoms with Gasteiger partial charge in [-0.2, -0.15) is 0 Å². The van der Waals surface area contributed by atoms with Crippen molar-refractivity contribution in [3.8, 4) is 5.75 Å². The number of rotatable bonds is 10. The summed E-state index contributed by atoms with van der Waals surface area (Å²) in [5.74, 6) is -1.18. The number of alkyl carbamates (subject to hydrolysis) is 1. The van der Waals surface area contributed by atoms with Gasteiger partial charge in [-0.05, 0) is 57.4 Å². The van der Waals surface area contributed by atoms with Gasteiger partial charge in [0.15, 0.2) is 0 Å². The fourth-order valence-electron chi connectivity index (χ4n) is 3.63. The topological polar surface area (TPSA) is 128 Å². The van der Waals surface area contributed by atoms with Gasteiger partial charge >= 0.3 is 6.09 Å². The number of aliphatic hydroxyl groups is 1. The molecule has 3 unspecified atom stereocenters. The standard InChI is InChI=1S/C27H37N3O6/c1-6-18(2)30(25(34)22(17-31)29-26(35)36-27(3,4)5)23(20-13-10-14-21(32)15-20)24(33)28-16-19-11-8-7-9-12-19/h7-15,18,22-23,31-32H,6,16-17H2,1-5H3,(H,28,33)(H,29,35). The van der Waals surface area contributed by atoms with Gasteiger partial charge in [0.1, 0.15) is 23.4 Å². The Bertz CT molecular complexity index is 1020. The zero-order valence-corrected chi connectivity index (χ0v) is 21.5. The van der Waals surface area contributed by atoms with Crippen LogP contribution in [0.25, 0.3) is 0 Å². The molecule has 2 aromatic rings. The first-order chi connectivity index (χ1) is 17.0. The number of hydrogen-bond acceptors (Lipinski definition) is 6. The fourth-order valence-corrected chi connectivity index (χ4v) is 3.63. The Morgan fingerprint density at radius 3 is 2.28 bits per heavy atom. The summed E-state index contributed by atoms with van der Waals surface area (Å²) < 4.78 is 5.24. The quantitative estimate of drug-likeness (QED) is 0.397. The van der Waals surface area contributed by atoms with E-state index in [0.717, 1.165) is 5.56 Å². The summed E-state index contributed by atoms with van der Waals surface area (Å²) in [7, 11) is 0. The monoisotopic (exact) mass is 499 g/mol. The van der Waals surface area contributed by atoms with E-state index in [2.05, 4.69) is 10.6 Å². The van der Waals surface area contributed by atoms with Crippen molar-refractivity contribution in [1.82, 2.24) is 15.5 Å². The van der Waals surface area contributed by atoms with Crippen LogP contribution in [0, 0.1) is 0 Å². The molecular formula is C27H37N3O6. The average Bonchev–Trinajstić information content (AvgIpc) is 2.83. The summed E-state index contributed by atoms with van der Waals surface area (Å²) in [5, 5.41) is 25.4. The Morgan fingerprint density at radius 2 is 1.72 bits per heavy atom. The van der Waals surface area contributed by atoms with E-state index in [0.29, 0.717) is 12.0 Å². The molecule has 196 valence electrons. The molecule has 0 saturated carbocycles. The first-order valence-electron chi connectivity index (χ1n) is 12.0. The summed E-state index contributed by atoms with van der Waals surface area (Å²) >= 11 is 0. The molecular weight excluding hydrogens is 462 g/mol. The van der Waals surface area contributed by atoms with E-state index in [1.807, 2.05) is 37.3 Å². The molecule has 9 nitrogen and oxygen atoms in total. The Morgan fingerprint density at radius 1 is 1.06 bits per heavy atom.